The van der Waals surface area contributed by atoms with Gasteiger partial charge in [0.05, 0.1) is 6.10 Å². The lowest BCUT2D eigenvalue weighted by molar-refractivity contribution is -0.123. The predicted molar refractivity (Wildman–Crippen MR) is 71.7 cm³/mol. The van der Waals surface area contributed by atoms with Crippen LogP contribution in [0.5, 0.6) is 0 Å². The van der Waals surface area contributed by atoms with E-state index in [0.717, 1.165) is 19.3 Å². The van der Waals surface area contributed by atoms with Gasteiger partial charge in [0.1, 0.15) is 6.54 Å². The second-order valence-electron chi connectivity index (χ2n) is 5.13. The summed E-state index contributed by atoms with van der Waals surface area (Å²) in [6.45, 7) is 2.07. The number of nitrogens with zero attached hydrogens (tertiary/aromatic N) is 1. The molecule has 1 aliphatic rings. The summed E-state index contributed by atoms with van der Waals surface area (Å²) < 4.78 is 1.39. The number of rotatable bonds is 5. The number of nitrogens with one attached hydrogen (secondary N) is 1. The van der Waals surface area contributed by atoms with Gasteiger partial charge in [0.25, 0.3) is 5.56 Å². The highest BCUT2D eigenvalue weighted by Crippen LogP contribution is 2.31. The SMILES string of the molecule is CCC(NC(=O)Cn1ccccc1=O)C1CC(O)C1. The smallest absolute Gasteiger partial charge is 0.250 e. The summed E-state index contributed by atoms with van der Waals surface area (Å²) in [5.41, 5.74) is -0.176. The Morgan fingerprint density at radius 3 is 2.84 bits per heavy atom. The van der Waals surface area contributed by atoms with E-state index < -0.39 is 0 Å². The first kappa shape index (κ1) is 13.8. The normalized spacial score (nSPS) is 23.5. The van der Waals surface area contributed by atoms with E-state index in [9.17, 15) is 14.7 Å². The number of aliphatic hydroxyl groups is 1. The third-order valence-electron chi connectivity index (χ3n) is 3.72. The Bertz CT molecular complexity index is 491. The number of hydrogen-bond donors (Lipinski definition) is 2. The monoisotopic (exact) mass is 264 g/mol. The van der Waals surface area contributed by atoms with Gasteiger partial charge in [0, 0.05) is 18.3 Å². The van der Waals surface area contributed by atoms with Crippen molar-refractivity contribution in [2.24, 2.45) is 5.92 Å². The lowest BCUT2D eigenvalue weighted by Crippen LogP contribution is -2.47. The van der Waals surface area contributed by atoms with Crippen molar-refractivity contribution < 1.29 is 9.90 Å². The van der Waals surface area contributed by atoms with Gasteiger partial charge in [-0.15, -0.1) is 0 Å². The van der Waals surface area contributed by atoms with Crippen LogP contribution in [0.2, 0.25) is 0 Å². The minimum atomic E-state index is -0.215. The summed E-state index contributed by atoms with van der Waals surface area (Å²) in [5.74, 6) is 0.206. The van der Waals surface area contributed by atoms with E-state index in [1.54, 1.807) is 18.3 Å². The van der Waals surface area contributed by atoms with Gasteiger partial charge in [0.2, 0.25) is 5.91 Å². The molecule has 1 heterocycles. The number of hydrogen-bond acceptors (Lipinski definition) is 3. The summed E-state index contributed by atoms with van der Waals surface area (Å²) in [5, 5.41) is 12.3. The Labute approximate surface area is 112 Å². The molecule has 0 aromatic carbocycles. The van der Waals surface area contributed by atoms with Crippen LogP contribution in [-0.2, 0) is 11.3 Å². The number of pyridine rings is 1. The molecule has 0 bridgehead atoms. The lowest BCUT2D eigenvalue weighted by Gasteiger charge is -2.37. The molecule has 0 aliphatic heterocycles. The van der Waals surface area contributed by atoms with E-state index in [-0.39, 0.29) is 30.2 Å². The van der Waals surface area contributed by atoms with Crippen molar-refractivity contribution in [1.82, 2.24) is 9.88 Å². The molecule has 19 heavy (non-hydrogen) atoms. The van der Waals surface area contributed by atoms with Crippen molar-refractivity contribution in [1.29, 1.82) is 0 Å². The molecule has 1 unspecified atom stereocenters. The van der Waals surface area contributed by atoms with E-state index in [1.807, 2.05) is 6.92 Å². The van der Waals surface area contributed by atoms with Gasteiger partial charge in [-0.2, -0.15) is 0 Å². The Balaban J connectivity index is 1.90. The molecule has 0 spiro atoms. The van der Waals surface area contributed by atoms with Gasteiger partial charge >= 0.3 is 0 Å². The molecule has 104 valence electrons. The Kier molecular flexibility index (Phi) is 4.37. The lowest BCUT2D eigenvalue weighted by atomic mass is 9.76. The number of carbonyl (C=O) groups is 1. The third kappa shape index (κ3) is 3.44. The van der Waals surface area contributed by atoms with Crippen LogP contribution in [0.15, 0.2) is 29.2 Å². The molecule has 2 N–H and O–H groups in total. The molecule has 1 amide bonds. The summed E-state index contributed by atoms with van der Waals surface area (Å²) in [7, 11) is 0. The number of aromatic nitrogens is 1. The van der Waals surface area contributed by atoms with Crippen LogP contribution in [0, 0.1) is 5.92 Å². The summed E-state index contributed by atoms with van der Waals surface area (Å²) in [6.07, 6.45) is 3.74. The largest absolute Gasteiger partial charge is 0.393 e. The first-order valence-corrected chi connectivity index (χ1v) is 6.73. The zero-order valence-electron chi connectivity index (χ0n) is 11.1. The highest BCUT2D eigenvalue weighted by molar-refractivity contribution is 5.76. The van der Waals surface area contributed by atoms with Gasteiger partial charge in [-0.3, -0.25) is 9.59 Å². The molecule has 1 aromatic heterocycles. The second-order valence-corrected chi connectivity index (χ2v) is 5.13. The molecule has 1 saturated carbocycles. The van der Waals surface area contributed by atoms with Crippen LogP contribution in [-0.4, -0.2) is 27.7 Å². The second kappa shape index (κ2) is 6.02. The van der Waals surface area contributed by atoms with Crippen LogP contribution in [0.3, 0.4) is 0 Å². The van der Waals surface area contributed by atoms with E-state index >= 15 is 0 Å². The van der Waals surface area contributed by atoms with E-state index in [4.69, 9.17) is 0 Å². The minimum Gasteiger partial charge on any atom is -0.393 e. The number of carbonyl (C=O) groups excluding carboxylic acids is 1. The zero-order valence-corrected chi connectivity index (χ0v) is 11.1. The maximum absolute atomic E-state index is 11.9. The van der Waals surface area contributed by atoms with Crippen molar-refractivity contribution >= 4 is 5.91 Å². The highest BCUT2D eigenvalue weighted by atomic mass is 16.3. The maximum Gasteiger partial charge on any atom is 0.250 e. The summed E-state index contributed by atoms with van der Waals surface area (Å²) in [6, 6.07) is 4.91. The molecule has 5 nitrogen and oxygen atoms in total. The van der Waals surface area contributed by atoms with Crippen molar-refractivity contribution in [2.75, 3.05) is 0 Å². The van der Waals surface area contributed by atoms with Crippen LogP contribution in [0.4, 0.5) is 0 Å². The minimum absolute atomic E-state index is 0.0471. The highest BCUT2D eigenvalue weighted by Gasteiger charge is 2.33. The molecular weight excluding hydrogens is 244 g/mol. The van der Waals surface area contributed by atoms with E-state index in [0.29, 0.717) is 5.92 Å². The topological polar surface area (TPSA) is 71.3 Å². The summed E-state index contributed by atoms with van der Waals surface area (Å²) in [4.78, 5) is 23.4. The molecule has 5 heteroatoms. The zero-order chi connectivity index (χ0) is 13.8. The Morgan fingerprint density at radius 1 is 1.53 bits per heavy atom. The molecule has 1 aliphatic carbocycles. The molecule has 0 radical (unpaired) electrons. The molecular formula is C14H20N2O3. The first-order valence-electron chi connectivity index (χ1n) is 6.73. The fourth-order valence-electron chi connectivity index (χ4n) is 2.51. The molecule has 1 atom stereocenters. The van der Waals surface area contributed by atoms with Crippen LogP contribution < -0.4 is 10.9 Å². The average Bonchev–Trinajstić information content (AvgIpc) is 2.35. The van der Waals surface area contributed by atoms with Gasteiger partial charge in [-0.1, -0.05) is 13.0 Å². The van der Waals surface area contributed by atoms with Crippen molar-refractivity contribution in [3.8, 4) is 0 Å². The van der Waals surface area contributed by atoms with Gasteiger partial charge < -0.3 is 15.0 Å². The Morgan fingerprint density at radius 2 is 2.26 bits per heavy atom. The maximum atomic E-state index is 11.9. The molecule has 0 saturated heterocycles. The fraction of sp³-hybridized carbons (Fsp3) is 0.571. The van der Waals surface area contributed by atoms with E-state index in [2.05, 4.69) is 5.32 Å². The standard InChI is InChI=1S/C14H20N2O3/c1-2-12(10-7-11(17)8-10)15-13(18)9-16-6-4-3-5-14(16)19/h3-6,10-12,17H,2,7-9H2,1H3,(H,15,18). The Hall–Kier alpha value is -1.62. The van der Waals surface area contributed by atoms with E-state index in [1.165, 1.54) is 10.6 Å². The van der Waals surface area contributed by atoms with Crippen LogP contribution in [0.25, 0.3) is 0 Å². The van der Waals surface area contributed by atoms with Crippen molar-refractivity contribution in [3.63, 3.8) is 0 Å². The van der Waals surface area contributed by atoms with Crippen molar-refractivity contribution in [2.45, 2.75) is 44.9 Å². The van der Waals surface area contributed by atoms with Gasteiger partial charge in [-0.05, 0) is 31.2 Å². The van der Waals surface area contributed by atoms with Crippen LogP contribution >= 0.6 is 0 Å². The molecule has 2 rings (SSSR count). The van der Waals surface area contributed by atoms with Gasteiger partial charge in [0.15, 0.2) is 0 Å². The van der Waals surface area contributed by atoms with Gasteiger partial charge in [-0.25, -0.2) is 0 Å². The predicted octanol–water partition coefficient (Wildman–Crippen LogP) is 0.514. The number of amides is 1. The fourth-order valence-corrected chi connectivity index (χ4v) is 2.51. The first-order chi connectivity index (χ1) is 9.10. The average molecular weight is 264 g/mol. The summed E-state index contributed by atoms with van der Waals surface area (Å²) >= 11 is 0. The van der Waals surface area contributed by atoms with Crippen LogP contribution in [0.1, 0.15) is 26.2 Å². The molecule has 1 fully saturated rings. The number of aliphatic hydroxyl groups excluding tert-OH is 1. The van der Waals surface area contributed by atoms with Crippen molar-refractivity contribution in [3.05, 3.63) is 34.7 Å². The molecule has 1 aromatic rings. The third-order valence-corrected chi connectivity index (χ3v) is 3.72. The quantitative estimate of drug-likeness (QED) is 0.814.